The molecule has 0 bridgehead atoms. The van der Waals surface area contributed by atoms with E-state index >= 15 is 0 Å². The molecule has 0 atom stereocenters. The monoisotopic (exact) mass is 342 g/mol. The predicted molar refractivity (Wildman–Crippen MR) is 86.9 cm³/mol. The number of halogens is 1. The molecule has 0 saturated heterocycles. The molecule has 0 aromatic heterocycles. The predicted octanol–water partition coefficient (Wildman–Crippen LogP) is 4.87. The lowest BCUT2D eigenvalue weighted by molar-refractivity contribution is 0.0696. The van der Waals surface area contributed by atoms with Crippen LogP contribution in [0.3, 0.4) is 0 Å². The molecule has 0 amide bonds. The van der Waals surface area contributed by atoms with Crippen LogP contribution in [0.15, 0.2) is 18.2 Å². The molecule has 1 aromatic rings. The van der Waals surface area contributed by atoms with Gasteiger partial charge in [0, 0.05) is 5.33 Å². The number of hydrogen-bond acceptors (Lipinski definition) is 1. The van der Waals surface area contributed by atoms with Gasteiger partial charge in [-0.1, -0.05) is 61.9 Å². The van der Waals surface area contributed by atoms with Crippen molar-refractivity contribution >= 4 is 30.0 Å². The number of carbonyl (C=O) groups is 1. The second-order valence-corrected chi connectivity index (χ2v) is 12.9. The summed E-state index contributed by atoms with van der Waals surface area (Å²) in [4.78, 5) is 11.3. The van der Waals surface area contributed by atoms with Crippen LogP contribution in [-0.2, 0) is 11.4 Å². The fourth-order valence-electron chi connectivity index (χ4n) is 1.90. The van der Waals surface area contributed by atoms with Gasteiger partial charge in [0.05, 0.1) is 13.6 Å². The molecule has 19 heavy (non-hydrogen) atoms. The van der Waals surface area contributed by atoms with Gasteiger partial charge in [-0.25, -0.2) is 4.79 Å². The first kappa shape index (κ1) is 16.4. The summed E-state index contributed by atoms with van der Waals surface area (Å²) in [5, 5.41) is 10.2. The zero-order valence-corrected chi connectivity index (χ0v) is 15.0. The van der Waals surface area contributed by atoms with Crippen LogP contribution in [0.1, 0.15) is 42.3 Å². The van der Waals surface area contributed by atoms with Crippen LogP contribution in [-0.4, -0.2) is 19.1 Å². The maximum Gasteiger partial charge on any atom is 0.336 e. The minimum absolute atomic E-state index is 0.301. The first-order chi connectivity index (χ1) is 8.60. The lowest BCUT2D eigenvalue weighted by Crippen LogP contribution is -2.40. The van der Waals surface area contributed by atoms with Gasteiger partial charge in [-0.15, -0.1) is 0 Å². The molecule has 0 radical (unpaired) electrons. The SMILES string of the molecule is CC(C)(C)[Si](C)(C)Cc1cccc(C(=O)O)c1CBr. The van der Waals surface area contributed by atoms with E-state index < -0.39 is 14.0 Å². The highest BCUT2D eigenvalue weighted by molar-refractivity contribution is 9.08. The van der Waals surface area contributed by atoms with E-state index in [2.05, 4.69) is 55.9 Å². The van der Waals surface area contributed by atoms with Crippen molar-refractivity contribution in [2.24, 2.45) is 0 Å². The maximum atomic E-state index is 11.3. The van der Waals surface area contributed by atoms with Gasteiger partial charge < -0.3 is 5.11 Å². The van der Waals surface area contributed by atoms with Gasteiger partial charge in [0.15, 0.2) is 0 Å². The van der Waals surface area contributed by atoms with Crippen molar-refractivity contribution in [1.29, 1.82) is 0 Å². The van der Waals surface area contributed by atoms with Crippen LogP contribution in [0.2, 0.25) is 18.1 Å². The molecule has 1 aromatic carbocycles. The Morgan fingerprint density at radius 3 is 2.32 bits per heavy atom. The first-order valence-corrected chi connectivity index (χ1v) is 10.8. The molecular formula is C15H23BrO2Si. The van der Waals surface area contributed by atoms with Gasteiger partial charge in [0.2, 0.25) is 0 Å². The number of benzene rings is 1. The topological polar surface area (TPSA) is 37.3 Å². The van der Waals surface area contributed by atoms with Crippen LogP contribution < -0.4 is 0 Å². The van der Waals surface area contributed by atoms with Gasteiger partial charge in [-0.3, -0.25) is 0 Å². The summed E-state index contributed by atoms with van der Waals surface area (Å²) in [6, 6.07) is 6.63. The molecule has 0 fully saturated rings. The zero-order valence-electron chi connectivity index (χ0n) is 12.4. The normalized spacial score (nSPS) is 12.5. The molecule has 106 valence electrons. The van der Waals surface area contributed by atoms with E-state index in [-0.39, 0.29) is 0 Å². The smallest absolute Gasteiger partial charge is 0.336 e. The quantitative estimate of drug-likeness (QED) is 0.625. The van der Waals surface area contributed by atoms with Crippen LogP contribution in [0.4, 0.5) is 0 Å². The van der Waals surface area contributed by atoms with E-state index in [1.165, 1.54) is 5.56 Å². The molecule has 0 aliphatic carbocycles. The van der Waals surface area contributed by atoms with E-state index in [0.717, 1.165) is 11.6 Å². The number of alkyl halides is 1. The van der Waals surface area contributed by atoms with E-state index in [1.54, 1.807) is 6.07 Å². The molecule has 0 saturated carbocycles. The van der Waals surface area contributed by atoms with Gasteiger partial charge >= 0.3 is 5.97 Å². The first-order valence-electron chi connectivity index (χ1n) is 6.50. The molecule has 2 nitrogen and oxygen atoms in total. The Hall–Kier alpha value is -0.613. The average molecular weight is 343 g/mol. The van der Waals surface area contributed by atoms with Crippen molar-refractivity contribution in [3.8, 4) is 0 Å². The Bertz CT molecular complexity index is 476. The van der Waals surface area contributed by atoms with E-state index in [4.69, 9.17) is 0 Å². The Morgan fingerprint density at radius 2 is 1.89 bits per heavy atom. The molecule has 0 heterocycles. The largest absolute Gasteiger partial charge is 0.478 e. The van der Waals surface area contributed by atoms with Crippen LogP contribution in [0.5, 0.6) is 0 Å². The minimum atomic E-state index is -1.46. The number of rotatable bonds is 4. The highest BCUT2D eigenvalue weighted by Gasteiger charge is 2.35. The number of carboxylic acid groups (broad SMARTS) is 1. The van der Waals surface area contributed by atoms with Gasteiger partial charge in [0.1, 0.15) is 0 Å². The van der Waals surface area contributed by atoms with E-state index in [1.807, 2.05) is 6.07 Å². The van der Waals surface area contributed by atoms with E-state index in [0.29, 0.717) is 15.9 Å². The third kappa shape index (κ3) is 3.69. The summed E-state index contributed by atoms with van der Waals surface area (Å²) in [7, 11) is -1.46. The molecular weight excluding hydrogens is 320 g/mol. The molecule has 0 aliphatic rings. The summed E-state index contributed by atoms with van der Waals surface area (Å²) in [6.45, 7) is 11.6. The summed E-state index contributed by atoms with van der Waals surface area (Å²) in [5.74, 6) is -0.841. The second-order valence-electron chi connectivity index (χ2n) is 6.69. The third-order valence-electron chi connectivity index (χ3n) is 4.30. The van der Waals surface area contributed by atoms with Crippen molar-refractivity contribution < 1.29 is 9.90 Å². The Kier molecular flexibility index (Phi) is 5.01. The van der Waals surface area contributed by atoms with Gasteiger partial charge in [-0.2, -0.15) is 0 Å². The van der Waals surface area contributed by atoms with Crippen LogP contribution >= 0.6 is 15.9 Å². The van der Waals surface area contributed by atoms with Crippen molar-refractivity contribution in [3.63, 3.8) is 0 Å². The number of carboxylic acids is 1. The lowest BCUT2D eigenvalue weighted by atomic mass is 10.0. The van der Waals surface area contributed by atoms with E-state index in [9.17, 15) is 9.90 Å². The molecule has 1 rings (SSSR count). The molecule has 1 N–H and O–H groups in total. The Balaban J connectivity index is 3.22. The fraction of sp³-hybridized carbons (Fsp3) is 0.533. The minimum Gasteiger partial charge on any atom is -0.478 e. The highest BCUT2D eigenvalue weighted by Crippen LogP contribution is 2.38. The van der Waals surface area contributed by atoms with Gasteiger partial charge in [0.25, 0.3) is 0 Å². The third-order valence-corrected chi connectivity index (χ3v) is 10.2. The molecule has 0 unspecified atom stereocenters. The summed E-state index contributed by atoms with van der Waals surface area (Å²) >= 11 is 3.44. The highest BCUT2D eigenvalue weighted by atomic mass is 79.9. The number of aromatic carboxylic acids is 1. The van der Waals surface area contributed by atoms with Crippen LogP contribution in [0.25, 0.3) is 0 Å². The van der Waals surface area contributed by atoms with Crippen molar-refractivity contribution in [2.75, 3.05) is 0 Å². The summed E-state index contributed by atoms with van der Waals surface area (Å²) in [6.07, 6.45) is 0. The average Bonchev–Trinajstić information content (AvgIpc) is 2.26. The van der Waals surface area contributed by atoms with Crippen LogP contribution in [0, 0.1) is 0 Å². The Labute approximate surface area is 125 Å². The number of hydrogen-bond donors (Lipinski definition) is 1. The maximum absolute atomic E-state index is 11.3. The molecule has 0 spiro atoms. The standard InChI is InChI=1S/C15H23BrO2Si/c1-15(2,3)19(4,5)10-11-7-6-8-12(14(17)18)13(11)9-16/h6-8H,9-10H2,1-5H3,(H,17,18). The van der Waals surface area contributed by atoms with Crippen molar-refractivity contribution in [3.05, 3.63) is 34.9 Å². The molecule has 4 heteroatoms. The Morgan fingerprint density at radius 1 is 1.32 bits per heavy atom. The summed E-state index contributed by atoms with van der Waals surface area (Å²) < 4.78 is 0. The van der Waals surface area contributed by atoms with Crippen molar-refractivity contribution in [1.82, 2.24) is 0 Å². The second kappa shape index (κ2) is 5.79. The zero-order chi connectivity index (χ0) is 14.8. The van der Waals surface area contributed by atoms with Gasteiger partial charge in [-0.05, 0) is 28.3 Å². The summed E-state index contributed by atoms with van der Waals surface area (Å²) in [5.41, 5.74) is 2.54. The van der Waals surface area contributed by atoms with Crippen molar-refractivity contribution in [2.45, 2.75) is 50.3 Å². The molecule has 0 aliphatic heterocycles. The lowest BCUT2D eigenvalue weighted by Gasteiger charge is -2.37. The fourth-order valence-corrected chi connectivity index (χ4v) is 4.38.